The van der Waals surface area contributed by atoms with Crippen LogP contribution in [0.3, 0.4) is 0 Å². The lowest BCUT2D eigenvalue weighted by molar-refractivity contribution is 0.101. The van der Waals surface area contributed by atoms with Gasteiger partial charge < -0.3 is 18.4 Å². The summed E-state index contributed by atoms with van der Waals surface area (Å²) in [5.74, 6) is 0.816. The van der Waals surface area contributed by atoms with E-state index in [-0.39, 0.29) is 22.2 Å². The van der Waals surface area contributed by atoms with Crippen LogP contribution in [0.4, 0.5) is 0 Å². The maximum Gasteiger partial charge on any atom is 0.339 e. The van der Waals surface area contributed by atoms with Gasteiger partial charge in [0.15, 0.2) is 28.8 Å². The molecule has 0 aliphatic carbocycles. The van der Waals surface area contributed by atoms with Gasteiger partial charge in [-0.15, -0.1) is 0 Å². The second-order valence-electron chi connectivity index (χ2n) is 5.62. The average Bonchev–Trinajstić information content (AvgIpc) is 2.86. The van der Waals surface area contributed by atoms with Crippen molar-refractivity contribution in [2.45, 2.75) is 18.2 Å². The molecule has 0 fully saturated rings. The first-order valence-electron chi connectivity index (χ1n) is 7.94. The molecule has 1 heterocycles. The van der Waals surface area contributed by atoms with Crippen molar-refractivity contribution in [2.24, 2.45) is 0 Å². The summed E-state index contributed by atoms with van der Waals surface area (Å²) in [5.41, 5.74) is 0.391. The monoisotopic (exact) mass is 378 g/mol. The number of hydrogen-bond donors (Lipinski definition) is 0. The molecule has 0 spiro atoms. The van der Waals surface area contributed by atoms with Gasteiger partial charge in [-0.3, -0.25) is 4.79 Å². The number of methoxy groups -OCH3 is 1. The topological polar surface area (TPSA) is 88.1 Å². The molecule has 0 atom stereocenters. The van der Waals surface area contributed by atoms with Gasteiger partial charge in [-0.05, 0) is 37.3 Å². The summed E-state index contributed by atoms with van der Waals surface area (Å²) in [6.07, 6.45) is 0.715. The molecule has 138 valence electrons. The van der Waals surface area contributed by atoms with Gasteiger partial charge in [0.1, 0.15) is 4.90 Å². The van der Waals surface area contributed by atoms with Gasteiger partial charge in [0.05, 0.1) is 20.3 Å². The van der Waals surface area contributed by atoms with Gasteiger partial charge in [-0.25, -0.2) is 0 Å². The van der Waals surface area contributed by atoms with E-state index in [9.17, 15) is 13.2 Å². The highest BCUT2D eigenvalue weighted by molar-refractivity contribution is 7.87. The molecule has 0 saturated carbocycles. The van der Waals surface area contributed by atoms with E-state index in [4.69, 9.17) is 18.4 Å². The summed E-state index contributed by atoms with van der Waals surface area (Å²) >= 11 is 0. The third-order valence-electron chi connectivity index (χ3n) is 3.78. The minimum absolute atomic E-state index is 0.00962. The van der Waals surface area contributed by atoms with E-state index < -0.39 is 10.1 Å². The highest BCUT2D eigenvalue weighted by Gasteiger charge is 2.22. The lowest BCUT2D eigenvalue weighted by Crippen LogP contribution is -2.11. The molecule has 0 bridgehead atoms. The van der Waals surface area contributed by atoms with E-state index in [0.717, 1.165) is 0 Å². The summed E-state index contributed by atoms with van der Waals surface area (Å²) in [6.45, 7) is 2.36. The van der Waals surface area contributed by atoms with E-state index in [0.29, 0.717) is 36.7 Å². The highest BCUT2D eigenvalue weighted by Crippen LogP contribution is 2.35. The molecule has 0 N–H and O–H groups in total. The standard InChI is InChI=1S/C18H18O7S/c1-12(19)13-4-6-16(17(10-13)22-2)25-26(20,21)14-5-7-15-18(11-14)24-9-3-8-23-15/h4-7,10-11H,3,8-9H2,1-2H3. The van der Waals surface area contributed by atoms with Crippen LogP contribution in [0.2, 0.25) is 0 Å². The molecular formula is C18H18O7S. The SMILES string of the molecule is COc1cc(C(C)=O)ccc1OS(=O)(=O)c1ccc2c(c1)OCCCO2. The van der Waals surface area contributed by atoms with Gasteiger partial charge >= 0.3 is 10.1 Å². The van der Waals surface area contributed by atoms with Gasteiger partial charge in [-0.1, -0.05) is 0 Å². The van der Waals surface area contributed by atoms with Crippen molar-refractivity contribution >= 4 is 15.9 Å². The molecule has 0 aromatic heterocycles. The van der Waals surface area contributed by atoms with Crippen LogP contribution in [0, 0.1) is 0 Å². The van der Waals surface area contributed by atoms with Crippen LogP contribution < -0.4 is 18.4 Å². The highest BCUT2D eigenvalue weighted by atomic mass is 32.2. The van der Waals surface area contributed by atoms with Crippen molar-refractivity contribution in [2.75, 3.05) is 20.3 Å². The summed E-state index contributed by atoms with van der Waals surface area (Å²) in [5, 5.41) is 0. The zero-order valence-electron chi connectivity index (χ0n) is 14.4. The molecule has 1 aliphatic heterocycles. The Bertz CT molecular complexity index is 935. The maximum atomic E-state index is 12.6. The number of carbonyl (C=O) groups is 1. The van der Waals surface area contributed by atoms with Crippen LogP contribution in [-0.4, -0.2) is 34.5 Å². The van der Waals surface area contributed by atoms with Crippen molar-refractivity contribution in [1.82, 2.24) is 0 Å². The van der Waals surface area contributed by atoms with E-state index in [2.05, 4.69) is 0 Å². The summed E-state index contributed by atoms with van der Waals surface area (Å²) in [4.78, 5) is 11.4. The molecule has 0 unspecified atom stereocenters. The largest absolute Gasteiger partial charge is 0.493 e. The molecule has 26 heavy (non-hydrogen) atoms. The number of Topliss-reactive ketones (excluding diaryl/α,β-unsaturated/α-hetero) is 1. The lowest BCUT2D eigenvalue weighted by Gasteiger charge is -2.13. The lowest BCUT2D eigenvalue weighted by atomic mass is 10.1. The van der Waals surface area contributed by atoms with E-state index in [1.807, 2.05) is 0 Å². The number of hydrogen-bond acceptors (Lipinski definition) is 7. The Balaban J connectivity index is 1.92. The van der Waals surface area contributed by atoms with Crippen LogP contribution in [0.15, 0.2) is 41.3 Å². The fraction of sp³-hybridized carbons (Fsp3) is 0.278. The number of carbonyl (C=O) groups excluding carboxylic acids is 1. The zero-order chi connectivity index (χ0) is 18.7. The Morgan fingerprint density at radius 2 is 1.73 bits per heavy atom. The van der Waals surface area contributed by atoms with Crippen molar-refractivity contribution in [3.63, 3.8) is 0 Å². The van der Waals surface area contributed by atoms with Gasteiger partial charge in [0.2, 0.25) is 0 Å². The van der Waals surface area contributed by atoms with Crippen LogP contribution in [0.1, 0.15) is 23.7 Å². The smallest absolute Gasteiger partial charge is 0.339 e. The summed E-state index contributed by atoms with van der Waals surface area (Å²) in [6, 6.07) is 8.58. The third kappa shape index (κ3) is 3.75. The number of ketones is 1. The van der Waals surface area contributed by atoms with Gasteiger partial charge in [-0.2, -0.15) is 8.42 Å². The molecule has 8 heteroatoms. The van der Waals surface area contributed by atoms with Crippen molar-refractivity contribution in [3.8, 4) is 23.0 Å². The molecule has 0 radical (unpaired) electrons. The first kappa shape index (κ1) is 18.1. The molecule has 0 saturated heterocycles. The first-order chi connectivity index (χ1) is 12.4. The van der Waals surface area contributed by atoms with Crippen molar-refractivity contribution < 1.29 is 31.6 Å². The summed E-state index contributed by atoms with van der Waals surface area (Å²) < 4.78 is 46.6. The van der Waals surface area contributed by atoms with Crippen LogP contribution in [0.25, 0.3) is 0 Å². The number of ether oxygens (including phenoxy) is 3. The molecule has 2 aromatic rings. The third-order valence-corrected chi connectivity index (χ3v) is 5.01. The van der Waals surface area contributed by atoms with E-state index >= 15 is 0 Å². The normalized spacial score (nSPS) is 13.6. The van der Waals surface area contributed by atoms with Gasteiger partial charge in [0, 0.05) is 18.1 Å². The Morgan fingerprint density at radius 3 is 2.42 bits per heavy atom. The van der Waals surface area contributed by atoms with Crippen molar-refractivity contribution in [3.05, 3.63) is 42.0 Å². The second-order valence-corrected chi connectivity index (χ2v) is 7.16. The van der Waals surface area contributed by atoms with Crippen LogP contribution in [-0.2, 0) is 10.1 Å². The predicted molar refractivity (Wildman–Crippen MR) is 92.9 cm³/mol. The zero-order valence-corrected chi connectivity index (χ0v) is 15.2. The Kier molecular flexibility index (Phi) is 5.03. The predicted octanol–water partition coefficient (Wildman–Crippen LogP) is 2.83. The number of benzene rings is 2. The minimum atomic E-state index is -4.12. The fourth-order valence-electron chi connectivity index (χ4n) is 2.42. The summed E-state index contributed by atoms with van der Waals surface area (Å²) in [7, 11) is -2.76. The quantitative estimate of drug-likeness (QED) is 0.584. The number of rotatable bonds is 5. The molecule has 7 nitrogen and oxygen atoms in total. The van der Waals surface area contributed by atoms with E-state index in [1.54, 1.807) is 0 Å². The number of fused-ring (bicyclic) bond motifs is 1. The Labute approximate surface area is 151 Å². The molecular weight excluding hydrogens is 360 g/mol. The first-order valence-corrected chi connectivity index (χ1v) is 9.34. The molecule has 3 rings (SSSR count). The van der Waals surface area contributed by atoms with Crippen LogP contribution >= 0.6 is 0 Å². The molecule has 2 aromatic carbocycles. The average molecular weight is 378 g/mol. The van der Waals surface area contributed by atoms with Gasteiger partial charge in [0.25, 0.3) is 0 Å². The Hall–Kier alpha value is -2.74. The van der Waals surface area contributed by atoms with Crippen molar-refractivity contribution in [1.29, 1.82) is 0 Å². The molecule has 0 amide bonds. The second kappa shape index (κ2) is 7.25. The van der Waals surface area contributed by atoms with Crippen LogP contribution in [0.5, 0.6) is 23.0 Å². The maximum absolute atomic E-state index is 12.6. The van der Waals surface area contributed by atoms with E-state index in [1.165, 1.54) is 50.4 Å². The minimum Gasteiger partial charge on any atom is -0.493 e. The molecule has 1 aliphatic rings. The Morgan fingerprint density at radius 1 is 1.00 bits per heavy atom. The fourth-order valence-corrected chi connectivity index (χ4v) is 3.38.